The molecular weight excluding hydrogens is 275 g/mol. The number of likely N-dealkylation sites (tertiary alicyclic amines) is 1. The van der Waals surface area contributed by atoms with Crippen molar-refractivity contribution in [2.45, 2.75) is 19.3 Å². The fourth-order valence-electron chi connectivity index (χ4n) is 2.81. The van der Waals surface area contributed by atoms with E-state index >= 15 is 0 Å². The molecule has 0 atom stereocenters. The van der Waals surface area contributed by atoms with E-state index in [0.717, 1.165) is 30.2 Å². The van der Waals surface area contributed by atoms with Gasteiger partial charge >= 0.3 is 0 Å². The Balaban J connectivity index is 1.81. The first-order valence-electron chi connectivity index (χ1n) is 7.01. The van der Waals surface area contributed by atoms with Gasteiger partial charge in [-0.05, 0) is 37.5 Å². The number of Topliss-reactive ketones (excluding diaryl/α,β-unsaturated/α-hetero) is 1. The van der Waals surface area contributed by atoms with Crippen molar-refractivity contribution in [3.8, 4) is 0 Å². The number of carbonyl (C=O) groups excluding carboxylic acids is 3. The molecule has 5 nitrogen and oxygen atoms in total. The summed E-state index contributed by atoms with van der Waals surface area (Å²) in [5.41, 5.74) is 0.350. The Morgan fingerprint density at radius 1 is 1.14 bits per heavy atom. The van der Waals surface area contributed by atoms with E-state index in [9.17, 15) is 18.8 Å². The summed E-state index contributed by atoms with van der Waals surface area (Å²) in [5.74, 6) is -2.26. The number of carbonyl (C=O) groups is 3. The van der Waals surface area contributed by atoms with Crippen molar-refractivity contribution in [3.63, 3.8) is 0 Å². The van der Waals surface area contributed by atoms with Gasteiger partial charge in [-0.25, -0.2) is 4.39 Å². The molecule has 0 aliphatic carbocycles. The Hall–Kier alpha value is -2.24. The van der Waals surface area contributed by atoms with Crippen LogP contribution >= 0.6 is 0 Å². The Labute approximate surface area is 121 Å². The lowest BCUT2D eigenvalue weighted by Gasteiger charge is -2.28. The summed E-state index contributed by atoms with van der Waals surface area (Å²) >= 11 is 0. The van der Waals surface area contributed by atoms with E-state index < -0.39 is 17.5 Å². The number of piperidine rings is 1. The molecule has 1 saturated heterocycles. The third-order valence-electron chi connectivity index (χ3n) is 3.94. The quantitative estimate of drug-likeness (QED) is 0.773. The summed E-state index contributed by atoms with van der Waals surface area (Å²) < 4.78 is 13.2. The number of ketones is 1. The molecule has 0 bridgehead atoms. The first kappa shape index (κ1) is 13.7. The molecule has 110 valence electrons. The van der Waals surface area contributed by atoms with Gasteiger partial charge in [0.25, 0.3) is 11.7 Å². The molecular formula is C15H15FN2O3. The molecule has 0 spiro atoms. The van der Waals surface area contributed by atoms with Crippen LogP contribution in [0.5, 0.6) is 0 Å². The number of benzene rings is 1. The van der Waals surface area contributed by atoms with Crippen molar-refractivity contribution in [1.82, 2.24) is 4.90 Å². The zero-order valence-corrected chi connectivity index (χ0v) is 11.5. The van der Waals surface area contributed by atoms with Gasteiger partial charge in [0, 0.05) is 13.1 Å². The Morgan fingerprint density at radius 3 is 2.57 bits per heavy atom. The monoisotopic (exact) mass is 290 g/mol. The average Bonchev–Trinajstić information content (AvgIpc) is 2.73. The molecule has 1 fully saturated rings. The van der Waals surface area contributed by atoms with Gasteiger partial charge in [-0.2, -0.15) is 0 Å². The highest BCUT2D eigenvalue weighted by atomic mass is 19.1. The third-order valence-corrected chi connectivity index (χ3v) is 3.94. The molecule has 1 aromatic rings. The standard InChI is InChI=1S/C15H15FN2O3/c16-10-4-5-12-11(8-10)14(20)15(21)18(12)9-13(19)17-6-2-1-3-7-17/h4-5,8H,1-3,6-7,9H2. The highest BCUT2D eigenvalue weighted by Gasteiger charge is 2.37. The molecule has 6 heteroatoms. The molecule has 0 aromatic heterocycles. The second-order valence-corrected chi connectivity index (χ2v) is 5.32. The number of hydrogen-bond acceptors (Lipinski definition) is 3. The number of halogens is 1. The Bertz CT molecular complexity index is 623. The van der Waals surface area contributed by atoms with Crippen LogP contribution in [0.2, 0.25) is 0 Å². The van der Waals surface area contributed by atoms with Crippen molar-refractivity contribution in [1.29, 1.82) is 0 Å². The van der Waals surface area contributed by atoms with E-state index in [1.54, 1.807) is 4.90 Å². The minimum atomic E-state index is -0.763. The predicted molar refractivity (Wildman–Crippen MR) is 73.5 cm³/mol. The Kier molecular flexibility index (Phi) is 3.45. The SMILES string of the molecule is O=C1C(=O)N(CC(=O)N2CCCCC2)c2ccc(F)cc21. The smallest absolute Gasteiger partial charge is 0.299 e. The van der Waals surface area contributed by atoms with Crippen molar-refractivity contribution >= 4 is 23.3 Å². The van der Waals surface area contributed by atoms with Gasteiger partial charge in [0.05, 0.1) is 11.3 Å². The molecule has 3 rings (SSSR count). The molecule has 0 saturated carbocycles. The summed E-state index contributed by atoms with van der Waals surface area (Å²) in [5, 5.41) is 0. The second kappa shape index (κ2) is 5.27. The van der Waals surface area contributed by atoms with Gasteiger partial charge in [-0.15, -0.1) is 0 Å². The highest BCUT2D eigenvalue weighted by molar-refractivity contribution is 6.52. The zero-order chi connectivity index (χ0) is 15.0. The first-order valence-corrected chi connectivity index (χ1v) is 7.01. The van der Waals surface area contributed by atoms with Gasteiger partial charge in [-0.3, -0.25) is 19.3 Å². The van der Waals surface area contributed by atoms with Crippen LogP contribution in [-0.2, 0) is 9.59 Å². The molecule has 0 radical (unpaired) electrons. The van der Waals surface area contributed by atoms with E-state index in [1.807, 2.05) is 0 Å². The number of hydrogen-bond donors (Lipinski definition) is 0. The van der Waals surface area contributed by atoms with Crippen LogP contribution in [0, 0.1) is 5.82 Å². The third kappa shape index (κ3) is 2.41. The number of nitrogens with zero attached hydrogens (tertiary/aromatic N) is 2. The van der Waals surface area contributed by atoms with Crippen LogP contribution in [0.15, 0.2) is 18.2 Å². The van der Waals surface area contributed by atoms with Crippen molar-refractivity contribution in [3.05, 3.63) is 29.6 Å². The summed E-state index contributed by atoms with van der Waals surface area (Å²) in [6.07, 6.45) is 3.02. The molecule has 0 N–H and O–H groups in total. The molecule has 2 aliphatic heterocycles. The maximum Gasteiger partial charge on any atom is 0.299 e. The average molecular weight is 290 g/mol. The number of rotatable bonds is 2. The largest absolute Gasteiger partial charge is 0.341 e. The van der Waals surface area contributed by atoms with Crippen LogP contribution < -0.4 is 4.90 Å². The summed E-state index contributed by atoms with van der Waals surface area (Å²) in [7, 11) is 0. The first-order chi connectivity index (χ1) is 10.1. The fraction of sp³-hybridized carbons (Fsp3) is 0.400. The molecule has 2 heterocycles. The zero-order valence-electron chi connectivity index (χ0n) is 11.5. The number of amides is 2. The van der Waals surface area contributed by atoms with Crippen LogP contribution in [-0.4, -0.2) is 42.1 Å². The molecule has 1 aromatic carbocycles. The van der Waals surface area contributed by atoms with E-state index in [1.165, 1.54) is 12.1 Å². The van der Waals surface area contributed by atoms with Gasteiger partial charge in [0.1, 0.15) is 12.4 Å². The topological polar surface area (TPSA) is 57.7 Å². The minimum absolute atomic E-state index is 0.0337. The van der Waals surface area contributed by atoms with E-state index in [0.29, 0.717) is 18.8 Å². The van der Waals surface area contributed by atoms with Crippen LogP contribution in [0.1, 0.15) is 29.6 Å². The van der Waals surface area contributed by atoms with Crippen LogP contribution in [0.3, 0.4) is 0 Å². The normalized spacial score (nSPS) is 18.1. The van der Waals surface area contributed by atoms with Crippen molar-refractivity contribution in [2.75, 3.05) is 24.5 Å². The molecule has 2 aliphatic rings. The van der Waals surface area contributed by atoms with E-state index in [4.69, 9.17) is 0 Å². The Morgan fingerprint density at radius 2 is 1.86 bits per heavy atom. The van der Waals surface area contributed by atoms with Gasteiger partial charge < -0.3 is 4.90 Å². The lowest BCUT2D eigenvalue weighted by atomic mass is 10.1. The highest BCUT2D eigenvalue weighted by Crippen LogP contribution is 2.29. The lowest BCUT2D eigenvalue weighted by molar-refractivity contribution is -0.131. The van der Waals surface area contributed by atoms with Gasteiger partial charge in [0.15, 0.2) is 0 Å². The molecule has 21 heavy (non-hydrogen) atoms. The van der Waals surface area contributed by atoms with E-state index in [-0.39, 0.29) is 18.0 Å². The van der Waals surface area contributed by atoms with Crippen LogP contribution in [0.4, 0.5) is 10.1 Å². The maximum atomic E-state index is 13.2. The molecule has 0 unspecified atom stereocenters. The second-order valence-electron chi connectivity index (χ2n) is 5.32. The lowest BCUT2D eigenvalue weighted by Crippen LogP contribution is -2.44. The summed E-state index contributed by atoms with van der Waals surface area (Å²) in [6.45, 7) is 1.21. The summed E-state index contributed by atoms with van der Waals surface area (Å²) in [4.78, 5) is 38.9. The number of fused-ring (bicyclic) bond motifs is 1. The van der Waals surface area contributed by atoms with Crippen molar-refractivity contribution in [2.24, 2.45) is 0 Å². The molecule has 2 amide bonds. The predicted octanol–water partition coefficient (Wildman–Crippen LogP) is 1.37. The summed E-state index contributed by atoms with van der Waals surface area (Å²) in [6, 6.07) is 3.60. The van der Waals surface area contributed by atoms with Crippen LogP contribution in [0.25, 0.3) is 0 Å². The minimum Gasteiger partial charge on any atom is -0.341 e. The van der Waals surface area contributed by atoms with Gasteiger partial charge in [0.2, 0.25) is 5.91 Å². The fourth-order valence-corrected chi connectivity index (χ4v) is 2.81. The van der Waals surface area contributed by atoms with E-state index in [2.05, 4.69) is 0 Å². The maximum absolute atomic E-state index is 13.2. The van der Waals surface area contributed by atoms with Gasteiger partial charge in [-0.1, -0.05) is 0 Å². The van der Waals surface area contributed by atoms with Crippen molar-refractivity contribution < 1.29 is 18.8 Å². The number of anilines is 1.